The average molecular weight is 585 g/mol. The highest BCUT2D eigenvalue weighted by Gasteiger charge is 2.48. The molecule has 1 amide bonds. The molecule has 0 aliphatic carbocycles. The first-order valence-corrected chi connectivity index (χ1v) is 14.0. The number of esters is 1. The number of aryl methyl sites for hydroxylation is 2. The Hall–Kier alpha value is -4.96. The average Bonchev–Trinajstić information content (AvgIpc) is 3.49. The Kier molecular flexibility index (Phi) is 8.08. The lowest BCUT2D eigenvalue weighted by Gasteiger charge is -2.23. The molecule has 1 saturated heterocycles. The van der Waals surface area contributed by atoms with Gasteiger partial charge in [0.05, 0.1) is 31.0 Å². The molecule has 1 aromatic heterocycles. The van der Waals surface area contributed by atoms with Crippen molar-refractivity contribution in [2.75, 3.05) is 18.6 Å². The molecule has 1 aliphatic rings. The first kappa shape index (κ1) is 28.6. The van der Waals surface area contributed by atoms with E-state index in [2.05, 4.69) is 4.98 Å². The molecule has 214 valence electrons. The van der Waals surface area contributed by atoms with Crippen LogP contribution in [0.1, 0.15) is 45.0 Å². The summed E-state index contributed by atoms with van der Waals surface area (Å²) < 4.78 is 16.5. The standard InChI is InChI=1S/C32H28N2O7S/c1-5-40-31(38)29-19(3)33-32(42-29)34-26(20-10-9-13-23(17-20)41-22-11-7-6-8-12-22)25(28(36)30(34)37)27(35)21-14-15-24(39-4)18(2)16-21/h6-17,26,35H,5H2,1-4H3/t26-/m0/s1. The van der Waals surface area contributed by atoms with Crippen molar-refractivity contribution in [1.82, 2.24) is 4.98 Å². The van der Waals surface area contributed by atoms with Crippen LogP contribution >= 0.6 is 11.3 Å². The number of nitrogens with zero attached hydrogens (tertiary/aromatic N) is 2. The van der Waals surface area contributed by atoms with Crippen LogP contribution in [0, 0.1) is 13.8 Å². The number of rotatable bonds is 8. The van der Waals surface area contributed by atoms with Gasteiger partial charge in [0.15, 0.2) is 5.13 Å². The number of carbonyl (C=O) groups excluding carboxylic acids is 3. The molecule has 5 rings (SSSR count). The van der Waals surface area contributed by atoms with Gasteiger partial charge in [-0.15, -0.1) is 0 Å². The molecular weight excluding hydrogens is 556 g/mol. The van der Waals surface area contributed by atoms with Gasteiger partial charge in [-0.3, -0.25) is 14.5 Å². The number of amides is 1. The molecule has 1 fully saturated rings. The minimum Gasteiger partial charge on any atom is -0.507 e. The first-order valence-electron chi connectivity index (χ1n) is 13.2. The second kappa shape index (κ2) is 11.9. The Balaban J connectivity index is 1.67. The summed E-state index contributed by atoms with van der Waals surface area (Å²) in [4.78, 5) is 45.7. The fourth-order valence-corrected chi connectivity index (χ4v) is 5.76. The van der Waals surface area contributed by atoms with Crippen LogP contribution in [0.5, 0.6) is 17.2 Å². The molecule has 0 bridgehead atoms. The third-order valence-electron chi connectivity index (χ3n) is 6.72. The summed E-state index contributed by atoms with van der Waals surface area (Å²) in [6.45, 7) is 5.31. The lowest BCUT2D eigenvalue weighted by atomic mass is 9.94. The zero-order valence-electron chi connectivity index (χ0n) is 23.4. The number of hydrogen-bond acceptors (Lipinski definition) is 9. The van der Waals surface area contributed by atoms with Crippen molar-refractivity contribution in [3.8, 4) is 17.2 Å². The Morgan fingerprint density at radius 2 is 1.74 bits per heavy atom. The Bertz CT molecular complexity index is 1710. The number of benzene rings is 3. The number of anilines is 1. The van der Waals surface area contributed by atoms with Crippen molar-refractivity contribution >= 4 is 39.9 Å². The maximum absolute atomic E-state index is 13.6. The lowest BCUT2D eigenvalue weighted by Crippen LogP contribution is -2.29. The molecular formula is C32H28N2O7S. The highest BCUT2D eigenvalue weighted by atomic mass is 32.1. The second-order valence-corrected chi connectivity index (χ2v) is 10.5. The Morgan fingerprint density at radius 3 is 2.43 bits per heavy atom. The largest absolute Gasteiger partial charge is 0.507 e. The highest BCUT2D eigenvalue weighted by molar-refractivity contribution is 7.17. The minimum atomic E-state index is -1.06. The third-order valence-corrected chi connectivity index (χ3v) is 7.85. The van der Waals surface area contributed by atoms with Crippen molar-refractivity contribution in [3.63, 3.8) is 0 Å². The number of aliphatic hydroxyl groups excluding tert-OH is 1. The number of aromatic nitrogens is 1. The zero-order chi connectivity index (χ0) is 30.0. The van der Waals surface area contributed by atoms with E-state index >= 15 is 0 Å². The molecule has 0 saturated carbocycles. The van der Waals surface area contributed by atoms with Gasteiger partial charge in [-0.1, -0.05) is 41.7 Å². The van der Waals surface area contributed by atoms with Gasteiger partial charge in [-0.2, -0.15) is 0 Å². The number of Topliss-reactive ketones (excluding diaryl/α,β-unsaturated/α-hetero) is 1. The van der Waals surface area contributed by atoms with Crippen molar-refractivity contribution < 1.29 is 33.7 Å². The van der Waals surface area contributed by atoms with Crippen molar-refractivity contribution in [2.24, 2.45) is 0 Å². The number of ketones is 1. The SMILES string of the molecule is CCOC(=O)c1sc(N2C(=O)C(=O)C(=C(O)c3ccc(OC)c(C)c3)[C@@H]2c2cccc(Oc3ccccc3)c2)nc1C. The Morgan fingerprint density at radius 1 is 1.00 bits per heavy atom. The first-order chi connectivity index (χ1) is 20.2. The molecule has 0 spiro atoms. The van der Waals surface area contributed by atoms with Crippen LogP contribution in [0.2, 0.25) is 0 Å². The van der Waals surface area contributed by atoms with Gasteiger partial charge in [0, 0.05) is 5.56 Å². The monoisotopic (exact) mass is 584 g/mol. The molecule has 0 radical (unpaired) electrons. The maximum Gasteiger partial charge on any atom is 0.350 e. The smallest absolute Gasteiger partial charge is 0.350 e. The number of carbonyl (C=O) groups is 3. The van der Waals surface area contributed by atoms with E-state index in [0.717, 1.165) is 16.9 Å². The van der Waals surface area contributed by atoms with Gasteiger partial charge in [0.25, 0.3) is 5.78 Å². The zero-order valence-corrected chi connectivity index (χ0v) is 24.2. The molecule has 2 heterocycles. The molecule has 1 aliphatic heterocycles. The number of aliphatic hydroxyl groups is 1. The topological polar surface area (TPSA) is 115 Å². The molecule has 1 atom stereocenters. The van der Waals surface area contributed by atoms with Crippen molar-refractivity contribution in [3.05, 3.63) is 106 Å². The van der Waals surface area contributed by atoms with Gasteiger partial charge >= 0.3 is 11.9 Å². The Labute approximate surface area is 246 Å². The van der Waals surface area contributed by atoms with Gasteiger partial charge in [0.2, 0.25) is 0 Å². The molecule has 1 N–H and O–H groups in total. The van der Waals surface area contributed by atoms with Gasteiger partial charge < -0.3 is 19.3 Å². The third kappa shape index (κ3) is 5.36. The predicted molar refractivity (Wildman–Crippen MR) is 158 cm³/mol. The van der Waals surface area contributed by atoms with E-state index < -0.39 is 23.7 Å². The lowest BCUT2D eigenvalue weighted by molar-refractivity contribution is -0.132. The van der Waals surface area contributed by atoms with Crippen LogP contribution in [0.25, 0.3) is 5.76 Å². The number of methoxy groups -OCH3 is 1. The summed E-state index contributed by atoms with van der Waals surface area (Å²) in [5.74, 6) is -1.01. The minimum absolute atomic E-state index is 0.119. The van der Waals surface area contributed by atoms with Crippen molar-refractivity contribution in [2.45, 2.75) is 26.8 Å². The predicted octanol–water partition coefficient (Wildman–Crippen LogP) is 6.36. The molecule has 9 nitrogen and oxygen atoms in total. The number of hydrogen-bond donors (Lipinski definition) is 1. The summed E-state index contributed by atoms with van der Waals surface area (Å²) in [5.41, 5.74) is 1.82. The van der Waals surface area contributed by atoms with E-state index in [4.69, 9.17) is 14.2 Å². The van der Waals surface area contributed by atoms with Gasteiger partial charge in [-0.05, 0) is 74.4 Å². The molecule has 42 heavy (non-hydrogen) atoms. The molecule has 4 aromatic rings. The number of thiazole rings is 1. The number of ether oxygens (including phenoxy) is 3. The fourth-order valence-electron chi connectivity index (χ4n) is 4.77. The fraction of sp³-hybridized carbons (Fsp3) is 0.188. The van der Waals surface area contributed by atoms with Gasteiger partial charge in [0.1, 0.15) is 27.9 Å². The van der Waals surface area contributed by atoms with E-state index in [-0.39, 0.29) is 27.9 Å². The summed E-state index contributed by atoms with van der Waals surface area (Å²) in [6, 6.07) is 20.0. The van der Waals surface area contributed by atoms with E-state index in [9.17, 15) is 19.5 Å². The van der Waals surface area contributed by atoms with E-state index in [1.54, 1.807) is 75.6 Å². The van der Waals surface area contributed by atoms with Crippen LogP contribution in [-0.2, 0) is 14.3 Å². The van der Waals surface area contributed by atoms with E-state index in [1.807, 2.05) is 25.1 Å². The van der Waals surface area contributed by atoms with Crippen LogP contribution in [0.15, 0.2) is 78.4 Å². The van der Waals surface area contributed by atoms with E-state index in [1.165, 1.54) is 4.90 Å². The van der Waals surface area contributed by atoms with E-state index in [0.29, 0.717) is 34.1 Å². The van der Waals surface area contributed by atoms with Crippen LogP contribution < -0.4 is 14.4 Å². The summed E-state index contributed by atoms with van der Waals surface area (Å²) >= 11 is 0.948. The maximum atomic E-state index is 13.6. The molecule has 10 heteroatoms. The van der Waals surface area contributed by atoms with Crippen LogP contribution in [0.3, 0.4) is 0 Å². The second-order valence-electron chi connectivity index (χ2n) is 9.47. The molecule has 3 aromatic carbocycles. The summed E-state index contributed by atoms with van der Waals surface area (Å²) in [7, 11) is 1.54. The summed E-state index contributed by atoms with van der Waals surface area (Å²) in [6.07, 6.45) is 0. The molecule has 0 unspecified atom stereocenters. The highest BCUT2D eigenvalue weighted by Crippen LogP contribution is 2.45. The quantitative estimate of drug-likeness (QED) is 0.110. The number of para-hydroxylation sites is 1. The van der Waals surface area contributed by atoms with Crippen molar-refractivity contribution in [1.29, 1.82) is 0 Å². The normalized spacial score (nSPS) is 16.0. The van der Waals surface area contributed by atoms with Crippen LogP contribution in [-0.4, -0.2) is 41.5 Å². The van der Waals surface area contributed by atoms with Crippen LogP contribution in [0.4, 0.5) is 5.13 Å². The van der Waals surface area contributed by atoms with Gasteiger partial charge in [-0.25, -0.2) is 9.78 Å². The summed E-state index contributed by atoms with van der Waals surface area (Å²) in [5, 5.41) is 11.7.